The van der Waals surface area contributed by atoms with Crippen LogP contribution in [0.2, 0.25) is 0 Å². The number of carbonyl (C=O) groups excluding carboxylic acids is 2. The number of hydrogen-bond acceptors (Lipinski definition) is 3. The zero-order valence-electron chi connectivity index (χ0n) is 9.52. The molecule has 0 aromatic heterocycles. The van der Waals surface area contributed by atoms with Gasteiger partial charge in [-0.25, -0.2) is 9.18 Å². The molecular formula is C11H10BrFN2O4. The van der Waals surface area contributed by atoms with Crippen molar-refractivity contribution in [1.29, 1.82) is 0 Å². The minimum atomic E-state index is -1.45. The van der Waals surface area contributed by atoms with Crippen LogP contribution in [0.25, 0.3) is 0 Å². The van der Waals surface area contributed by atoms with Crippen LogP contribution in [0.5, 0.6) is 0 Å². The number of primary amides is 1. The third-order valence-electron chi connectivity index (χ3n) is 2.19. The number of carboxylic acids is 1. The lowest BCUT2D eigenvalue weighted by Gasteiger charge is -2.12. The zero-order chi connectivity index (χ0) is 14.6. The number of halogens is 2. The molecule has 0 radical (unpaired) electrons. The Bertz CT molecular complexity index is 535. The monoisotopic (exact) mass is 332 g/mol. The molecule has 0 aliphatic heterocycles. The normalized spacial score (nSPS) is 11.7. The largest absolute Gasteiger partial charge is 0.480 e. The van der Waals surface area contributed by atoms with E-state index in [1.807, 2.05) is 0 Å². The number of rotatable bonds is 5. The van der Waals surface area contributed by atoms with E-state index in [2.05, 4.69) is 21.2 Å². The van der Waals surface area contributed by atoms with Gasteiger partial charge in [0.1, 0.15) is 11.9 Å². The van der Waals surface area contributed by atoms with Crippen molar-refractivity contribution in [2.45, 2.75) is 12.5 Å². The van der Waals surface area contributed by atoms with Crippen molar-refractivity contribution < 1.29 is 23.9 Å². The number of hydrogen-bond donors (Lipinski definition) is 3. The molecule has 0 heterocycles. The summed E-state index contributed by atoms with van der Waals surface area (Å²) >= 11 is 2.92. The highest BCUT2D eigenvalue weighted by molar-refractivity contribution is 9.10. The van der Waals surface area contributed by atoms with Gasteiger partial charge in [0.05, 0.1) is 10.9 Å². The summed E-state index contributed by atoms with van der Waals surface area (Å²) in [6.45, 7) is 0. The van der Waals surface area contributed by atoms with Gasteiger partial charge in [-0.2, -0.15) is 0 Å². The highest BCUT2D eigenvalue weighted by atomic mass is 79.9. The first-order valence-corrected chi connectivity index (χ1v) is 5.87. The topological polar surface area (TPSA) is 109 Å². The van der Waals surface area contributed by atoms with Crippen LogP contribution in [0, 0.1) is 5.82 Å². The van der Waals surface area contributed by atoms with E-state index < -0.39 is 36.1 Å². The molecule has 6 nitrogen and oxygen atoms in total. The van der Waals surface area contributed by atoms with Crippen LogP contribution in [-0.4, -0.2) is 28.9 Å². The van der Waals surface area contributed by atoms with E-state index in [9.17, 15) is 18.8 Å². The molecule has 1 aromatic carbocycles. The van der Waals surface area contributed by atoms with Crippen LogP contribution >= 0.6 is 15.9 Å². The third kappa shape index (κ3) is 4.32. The van der Waals surface area contributed by atoms with Gasteiger partial charge in [0.2, 0.25) is 5.91 Å². The number of benzene rings is 1. The van der Waals surface area contributed by atoms with E-state index in [1.165, 1.54) is 12.1 Å². The minimum absolute atomic E-state index is 0.0589. The summed E-state index contributed by atoms with van der Waals surface area (Å²) in [6, 6.07) is 2.12. The first-order chi connectivity index (χ1) is 8.81. The van der Waals surface area contributed by atoms with Crippen LogP contribution in [-0.2, 0) is 9.59 Å². The van der Waals surface area contributed by atoms with Gasteiger partial charge in [-0.1, -0.05) is 0 Å². The first kappa shape index (κ1) is 15.1. The van der Waals surface area contributed by atoms with E-state index in [1.54, 1.807) is 0 Å². The Hall–Kier alpha value is -1.96. The summed E-state index contributed by atoms with van der Waals surface area (Å²) in [6.07, 6.45) is -0.542. The Labute approximate surface area is 115 Å². The van der Waals surface area contributed by atoms with Crippen molar-refractivity contribution in [3.8, 4) is 0 Å². The average molecular weight is 333 g/mol. The summed E-state index contributed by atoms with van der Waals surface area (Å²) < 4.78 is 13.4. The maximum absolute atomic E-state index is 13.2. The van der Waals surface area contributed by atoms with E-state index in [4.69, 9.17) is 10.8 Å². The molecule has 0 aliphatic carbocycles. The van der Waals surface area contributed by atoms with Gasteiger partial charge < -0.3 is 16.2 Å². The molecule has 8 heteroatoms. The van der Waals surface area contributed by atoms with Crippen LogP contribution in [0.3, 0.4) is 0 Å². The van der Waals surface area contributed by atoms with Crippen molar-refractivity contribution in [2.24, 2.45) is 5.73 Å². The predicted octanol–water partition coefficient (Wildman–Crippen LogP) is 0.647. The molecule has 2 amide bonds. The molecule has 0 unspecified atom stereocenters. The third-order valence-corrected chi connectivity index (χ3v) is 2.83. The molecular weight excluding hydrogens is 323 g/mol. The summed E-state index contributed by atoms with van der Waals surface area (Å²) in [5.74, 6) is -3.73. The lowest BCUT2D eigenvalue weighted by atomic mass is 10.1. The Kier molecular flexibility index (Phi) is 4.99. The standard InChI is InChI=1S/C11H10BrFN2O4/c12-6-2-1-5(3-7(6)13)10(17)15-8(11(18)19)4-9(14)16/h1-3,8H,4H2,(H2,14,16)(H,15,17)(H,18,19)/t8-/m0/s1. The molecule has 19 heavy (non-hydrogen) atoms. The fourth-order valence-electron chi connectivity index (χ4n) is 1.28. The fraction of sp³-hybridized carbons (Fsp3) is 0.182. The molecule has 1 aromatic rings. The average Bonchev–Trinajstić information content (AvgIpc) is 2.31. The van der Waals surface area contributed by atoms with E-state index in [-0.39, 0.29) is 10.0 Å². The number of nitrogens with one attached hydrogen (secondary N) is 1. The lowest BCUT2D eigenvalue weighted by Crippen LogP contribution is -2.43. The Balaban J connectivity index is 2.84. The number of nitrogens with two attached hydrogens (primary N) is 1. The molecule has 0 bridgehead atoms. The Morgan fingerprint density at radius 2 is 2.05 bits per heavy atom. The maximum Gasteiger partial charge on any atom is 0.326 e. The molecule has 0 aliphatic rings. The lowest BCUT2D eigenvalue weighted by molar-refractivity contribution is -0.140. The highest BCUT2D eigenvalue weighted by Gasteiger charge is 2.23. The molecule has 0 saturated carbocycles. The van der Waals surface area contributed by atoms with Crippen LogP contribution in [0.1, 0.15) is 16.8 Å². The van der Waals surface area contributed by atoms with Gasteiger partial charge in [0.15, 0.2) is 0 Å². The molecule has 0 saturated heterocycles. The van der Waals surface area contributed by atoms with Gasteiger partial charge >= 0.3 is 5.97 Å². The summed E-state index contributed by atoms with van der Waals surface area (Å²) in [5, 5.41) is 10.9. The van der Waals surface area contributed by atoms with Crippen molar-refractivity contribution >= 4 is 33.7 Å². The van der Waals surface area contributed by atoms with Crippen molar-refractivity contribution in [3.63, 3.8) is 0 Å². The van der Waals surface area contributed by atoms with Gasteiger partial charge in [0.25, 0.3) is 5.91 Å². The van der Waals surface area contributed by atoms with Gasteiger partial charge in [-0.3, -0.25) is 9.59 Å². The number of carbonyl (C=O) groups is 3. The fourth-order valence-corrected chi connectivity index (χ4v) is 1.53. The van der Waals surface area contributed by atoms with Crippen LogP contribution in [0.4, 0.5) is 4.39 Å². The van der Waals surface area contributed by atoms with Gasteiger partial charge in [0, 0.05) is 5.56 Å². The molecule has 1 atom stereocenters. The van der Waals surface area contributed by atoms with E-state index in [0.29, 0.717) is 0 Å². The van der Waals surface area contributed by atoms with Crippen molar-refractivity contribution in [3.05, 3.63) is 34.1 Å². The quantitative estimate of drug-likeness (QED) is 0.735. The molecule has 1 rings (SSSR count). The zero-order valence-corrected chi connectivity index (χ0v) is 11.1. The predicted molar refractivity (Wildman–Crippen MR) is 66.8 cm³/mol. The molecule has 0 spiro atoms. The van der Waals surface area contributed by atoms with E-state index in [0.717, 1.165) is 6.07 Å². The van der Waals surface area contributed by atoms with Crippen LogP contribution < -0.4 is 11.1 Å². The number of aliphatic carboxylic acids is 1. The molecule has 102 valence electrons. The second-order valence-corrected chi connectivity index (χ2v) is 4.52. The molecule has 4 N–H and O–H groups in total. The molecule has 0 fully saturated rings. The maximum atomic E-state index is 13.2. The Morgan fingerprint density at radius 3 is 2.53 bits per heavy atom. The first-order valence-electron chi connectivity index (χ1n) is 5.08. The second-order valence-electron chi connectivity index (χ2n) is 3.66. The van der Waals surface area contributed by atoms with Crippen molar-refractivity contribution in [1.82, 2.24) is 5.32 Å². The van der Waals surface area contributed by atoms with E-state index >= 15 is 0 Å². The SMILES string of the molecule is NC(=O)C[C@H](NC(=O)c1ccc(Br)c(F)c1)C(=O)O. The van der Waals surface area contributed by atoms with Gasteiger partial charge in [-0.05, 0) is 34.1 Å². The Morgan fingerprint density at radius 1 is 1.42 bits per heavy atom. The number of amides is 2. The van der Waals surface area contributed by atoms with Crippen LogP contribution in [0.15, 0.2) is 22.7 Å². The summed E-state index contributed by atoms with van der Waals surface area (Å²) in [7, 11) is 0. The highest BCUT2D eigenvalue weighted by Crippen LogP contribution is 2.16. The second kappa shape index (κ2) is 6.28. The summed E-state index contributed by atoms with van der Waals surface area (Å²) in [5.41, 5.74) is 4.81. The smallest absolute Gasteiger partial charge is 0.326 e. The van der Waals surface area contributed by atoms with Gasteiger partial charge in [-0.15, -0.1) is 0 Å². The summed E-state index contributed by atoms with van der Waals surface area (Å²) in [4.78, 5) is 33.2. The minimum Gasteiger partial charge on any atom is -0.480 e. The number of carboxylic acid groups (broad SMARTS) is 1. The van der Waals surface area contributed by atoms with Crippen molar-refractivity contribution in [2.75, 3.05) is 0 Å².